The summed E-state index contributed by atoms with van der Waals surface area (Å²) in [5, 5.41) is 2.86. The van der Waals surface area contributed by atoms with Gasteiger partial charge in [-0.05, 0) is 62.2 Å². The first-order chi connectivity index (χ1) is 15.0. The summed E-state index contributed by atoms with van der Waals surface area (Å²) in [6, 6.07) is 11.6. The first-order valence-corrected chi connectivity index (χ1v) is 10.5. The Hall–Kier alpha value is -3.03. The van der Waals surface area contributed by atoms with E-state index in [-0.39, 0.29) is 5.91 Å². The van der Waals surface area contributed by atoms with E-state index in [4.69, 9.17) is 9.47 Å². The largest absolute Gasteiger partial charge is 0.494 e. The Bertz CT molecular complexity index is 1060. The van der Waals surface area contributed by atoms with Gasteiger partial charge in [-0.3, -0.25) is 9.78 Å². The molecule has 31 heavy (non-hydrogen) atoms. The molecule has 1 N–H and O–H groups in total. The third-order valence-electron chi connectivity index (χ3n) is 5.53. The van der Waals surface area contributed by atoms with Crippen molar-refractivity contribution in [1.29, 1.82) is 0 Å². The molecule has 0 radical (unpaired) electrons. The topological polar surface area (TPSA) is 76.6 Å². The van der Waals surface area contributed by atoms with Gasteiger partial charge in [0.05, 0.1) is 18.8 Å². The van der Waals surface area contributed by atoms with Gasteiger partial charge in [-0.15, -0.1) is 0 Å². The lowest BCUT2D eigenvalue weighted by Crippen LogP contribution is -2.16. The molecule has 0 atom stereocenters. The minimum Gasteiger partial charge on any atom is -0.494 e. The second kappa shape index (κ2) is 9.41. The maximum absolute atomic E-state index is 12.7. The van der Waals surface area contributed by atoms with Crippen molar-refractivity contribution in [3.8, 4) is 5.75 Å². The highest BCUT2D eigenvalue weighted by Gasteiger charge is 2.21. The van der Waals surface area contributed by atoms with Crippen LogP contribution in [0, 0.1) is 0 Å². The van der Waals surface area contributed by atoms with Crippen molar-refractivity contribution in [2.45, 2.75) is 25.3 Å². The van der Waals surface area contributed by atoms with Gasteiger partial charge in [-0.25, -0.2) is 4.98 Å². The molecule has 1 fully saturated rings. The van der Waals surface area contributed by atoms with Crippen molar-refractivity contribution in [2.24, 2.45) is 0 Å². The number of anilines is 1. The number of benzene rings is 2. The van der Waals surface area contributed by atoms with Crippen LogP contribution in [0.4, 0.5) is 5.82 Å². The van der Waals surface area contributed by atoms with Gasteiger partial charge in [0.15, 0.2) is 5.82 Å². The molecular weight excluding hydrogens is 392 g/mol. The lowest BCUT2D eigenvalue weighted by molar-refractivity contribution is 0.0855. The van der Waals surface area contributed by atoms with Crippen LogP contribution in [-0.4, -0.2) is 55.2 Å². The third kappa shape index (κ3) is 4.84. The lowest BCUT2D eigenvalue weighted by Gasteiger charge is -2.23. The number of hydrogen-bond donors (Lipinski definition) is 1. The highest BCUT2D eigenvalue weighted by molar-refractivity contribution is 6.04. The summed E-state index contributed by atoms with van der Waals surface area (Å²) in [4.78, 5) is 24.1. The van der Waals surface area contributed by atoms with Crippen LogP contribution in [0.1, 0.15) is 40.2 Å². The Morgan fingerprint density at radius 2 is 1.87 bits per heavy atom. The van der Waals surface area contributed by atoms with Gasteiger partial charge in [0.1, 0.15) is 11.3 Å². The monoisotopic (exact) mass is 420 g/mol. The quantitative estimate of drug-likeness (QED) is 0.653. The fraction of sp³-hybridized carbons (Fsp3) is 0.375. The number of ether oxygens (including phenoxy) is 2. The molecule has 0 saturated carbocycles. The molecule has 1 aromatic heterocycles. The van der Waals surface area contributed by atoms with Crippen molar-refractivity contribution >= 4 is 22.8 Å². The summed E-state index contributed by atoms with van der Waals surface area (Å²) >= 11 is 0. The SMILES string of the molecule is COc1ccc(C2CCOCC2)c2ncc(NC(=O)c3ccc(CN(C)C)cc3)nc12. The average Bonchev–Trinajstić information content (AvgIpc) is 2.79. The number of nitrogens with one attached hydrogen (secondary N) is 1. The molecule has 2 heterocycles. The van der Waals surface area contributed by atoms with E-state index in [0.717, 1.165) is 49.2 Å². The molecule has 162 valence electrons. The van der Waals surface area contributed by atoms with Gasteiger partial charge in [-0.1, -0.05) is 18.2 Å². The highest BCUT2D eigenvalue weighted by Crippen LogP contribution is 2.35. The molecule has 1 amide bonds. The number of rotatable bonds is 6. The maximum atomic E-state index is 12.7. The fourth-order valence-electron chi connectivity index (χ4n) is 3.97. The summed E-state index contributed by atoms with van der Waals surface area (Å²) < 4.78 is 11.0. The third-order valence-corrected chi connectivity index (χ3v) is 5.53. The van der Waals surface area contributed by atoms with E-state index in [2.05, 4.69) is 26.3 Å². The van der Waals surface area contributed by atoms with E-state index in [1.54, 1.807) is 13.3 Å². The number of methoxy groups -OCH3 is 1. The first-order valence-electron chi connectivity index (χ1n) is 10.5. The molecule has 1 aliphatic heterocycles. The minimum absolute atomic E-state index is 0.218. The van der Waals surface area contributed by atoms with E-state index in [1.165, 1.54) is 0 Å². The van der Waals surface area contributed by atoms with E-state index in [1.807, 2.05) is 44.4 Å². The van der Waals surface area contributed by atoms with Gasteiger partial charge in [0.2, 0.25) is 0 Å². The maximum Gasteiger partial charge on any atom is 0.256 e. The summed E-state index contributed by atoms with van der Waals surface area (Å²) in [6.07, 6.45) is 3.54. The van der Waals surface area contributed by atoms with E-state index < -0.39 is 0 Å². The Morgan fingerprint density at radius 1 is 1.13 bits per heavy atom. The lowest BCUT2D eigenvalue weighted by atomic mass is 9.90. The molecule has 0 unspecified atom stereocenters. The summed E-state index contributed by atoms with van der Waals surface area (Å²) in [6.45, 7) is 2.34. The predicted molar refractivity (Wildman–Crippen MR) is 121 cm³/mol. The normalized spacial score (nSPS) is 14.7. The number of hydrogen-bond acceptors (Lipinski definition) is 6. The summed E-state index contributed by atoms with van der Waals surface area (Å²) in [7, 11) is 5.65. The molecule has 1 aliphatic rings. The molecule has 3 aromatic rings. The molecule has 4 rings (SSSR count). The molecule has 2 aromatic carbocycles. The van der Waals surface area contributed by atoms with Crippen LogP contribution in [0.3, 0.4) is 0 Å². The van der Waals surface area contributed by atoms with Gasteiger partial charge in [0, 0.05) is 25.3 Å². The fourth-order valence-corrected chi connectivity index (χ4v) is 3.97. The number of carbonyl (C=O) groups excluding carboxylic acids is 1. The van der Waals surface area contributed by atoms with Gasteiger partial charge in [-0.2, -0.15) is 0 Å². The molecule has 1 saturated heterocycles. The van der Waals surface area contributed by atoms with Crippen LogP contribution < -0.4 is 10.1 Å². The Labute approximate surface area is 182 Å². The zero-order chi connectivity index (χ0) is 21.8. The molecule has 0 aliphatic carbocycles. The number of carbonyl (C=O) groups is 1. The van der Waals surface area contributed by atoms with E-state index in [9.17, 15) is 4.79 Å². The van der Waals surface area contributed by atoms with Gasteiger partial charge >= 0.3 is 0 Å². The molecule has 0 spiro atoms. The van der Waals surface area contributed by atoms with Crippen LogP contribution in [0.25, 0.3) is 11.0 Å². The first kappa shape index (κ1) is 21.2. The van der Waals surface area contributed by atoms with Crippen LogP contribution in [-0.2, 0) is 11.3 Å². The van der Waals surface area contributed by atoms with Crippen LogP contribution >= 0.6 is 0 Å². The average molecular weight is 421 g/mol. The highest BCUT2D eigenvalue weighted by atomic mass is 16.5. The minimum atomic E-state index is -0.218. The number of amides is 1. The van der Waals surface area contributed by atoms with Crippen LogP contribution in [0.2, 0.25) is 0 Å². The van der Waals surface area contributed by atoms with Crippen molar-refractivity contribution < 1.29 is 14.3 Å². The number of fused-ring (bicyclic) bond motifs is 1. The molecule has 7 nitrogen and oxygen atoms in total. The molecular formula is C24H28N4O3. The van der Waals surface area contributed by atoms with Crippen molar-refractivity contribution in [1.82, 2.24) is 14.9 Å². The molecule has 0 bridgehead atoms. The molecule has 7 heteroatoms. The Kier molecular flexibility index (Phi) is 6.44. The summed E-state index contributed by atoms with van der Waals surface area (Å²) in [5.74, 6) is 1.21. The van der Waals surface area contributed by atoms with Crippen molar-refractivity contribution in [3.63, 3.8) is 0 Å². The zero-order valence-corrected chi connectivity index (χ0v) is 18.2. The summed E-state index contributed by atoms with van der Waals surface area (Å²) in [5.41, 5.74) is 4.36. The van der Waals surface area contributed by atoms with Gasteiger partial charge in [0.25, 0.3) is 5.91 Å². The van der Waals surface area contributed by atoms with Gasteiger partial charge < -0.3 is 19.7 Å². The number of nitrogens with zero attached hydrogens (tertiary/aromatic N) is 3. The Balaban J connectivity index is 1.59. The number of aromatic nitrogens is 2. The second-order valence-electron chi connectivity index (χ2n) is 8.08. The second-order valence-corrected chi connectivity index (χ2v) is 8.08. The van der Waals surface area contributed by atoms with Crippen LogP contribution in [0.5, 0.6) is 5.75 Å². The standard InChI is InChI=1S/C24H28N4O3/c1-28(2)15-16-4-6-18(7-5-16)24(29)27-21-14-25-22-19(17-10-12-31-13-11-17)8-9-20(30-3)23(22)26-21/h4-9,14,17H,10-13,15H2,1-3H3,(H,26,27,29). The predicted octanol–water partition coefficient (Wildman–Crippen LogP) is 3.85. The van der Waals surface area contributed by atoms with Crippen molar-refractivity contribution in [3.05, 3.63) is 59.3 Å². The van der Waals surface area contributed by atoms with Crippen molar-refractivity contribution in [2.75, 3.05) is 39.7 Å². The smallest absolute Gasteiger partial charge is 0.256 e. The van der Waals surface area contributed by atoms with E-state index in [0.29, 0.717) is 28.6 Å². The Morgan fingerprint density at radius 3 is 2.55 bits per heavy atom. The van der Waals surface area contributed by atoms with Crippen LogP contribution in [0.15, 0.2) is 42.6 Å². The zero-order valence-electron chi connectivity index (χ0n) is 18.2. The van der Waals surface area contributed by atoms with E-state index >= 15 is 0 Å².